The summed E-state index contributed by atoms with van der Waals surface area (Å²) in [6.45, 7) is 6.48. The number of aromatic nitrogens is 2. The predicted octanol–water partition coefficient (Wildman–Crippen LogP) is 1.73. The van der Waals surface area contributed by atoms with Crippen molar-refractivity contribution in [2.24, 2.45) is 0 Å². The number of aryl methyl sites for hydroxylation is 1. The van der Waals surface area contributed by atoms with E-state index in [1.165, 1.54) is 0 Å². The first-order valence-corrected chi connectivity index (χ1v) is 9.99. The van der Waals surface area contributed by atoms with Crippen LogP contribution in [0.25, 0.3) is 0 Å². The molecule has 2 aliphatic rings. The van der Waals surface area contributed by atoms with Crippen LogP contribution in [0.15, 0.2) is 6.07 Å². The molecule has 1 unspecified atom stereocenters. The van der Waals surface area contributed by atoms with Crippen LogP contribution in [0.1, 0.15) is 48.9 Å². The first-order chi connectivity index (χ1) is 13.5. The van der Waals surface area contributed by atoms with Gasteiger partial charge in [-0.05, 0) is 39.5 Å². The number of nitrogens with one attached hydrogen (secondary N) is 2. The van der Waals surface area contributed by atoms with Crippen molar-refractivity contribution in [3.63, 3.8) is 0 Å². The van der Waals surface area contributed by atoms with Gasteiger partial charge in [0.25, 0.3) is 5.91 Å². The summed E-state index contributed by atoms with van der Waals surface area (Å²) in [6, 6.07) is 1.86. The molecule has 0 spiro atoms. The molecule has 1 atom stereocenters. The van der Waals surface area contributed by atoms with Gasteiger partial charge < -0.3 is 25.0 Å². The molecule has 3 rings (SSSR count). The van der Waals surface area contributed by atoms with E-state index in [9.17, 15) is 9.59 Å². The molecule has 0 aromatic carbocycles. The number of rotatable bonds is 6. The Morgan fingerprint density at radius 3 is 2.75 bits per heavy atom. The zero-order valence-corrected chi connectivity index (χ0v) is 16.6. The maximum atomic E-state index is 12.4. The van der Waals surface area contributed by atoms with Crippen molar-refractivity contribution in [3.8, 4) is 0 Å². The van der Waals surface area contributed by atoms with E-state index < -0.39 is 0 Å². The SMILES string of the molecule is CCOC(=O)N1CCC(Nc2cc(C(=O)NCC3CCCO3)nc(C)n2)CC1. The Bertz CT molecular complexity index is 685. The van der Waals surface area contributed by atoms with Gasteiger partial charge in [0.05, 0.1) is 12.7 Å². The summed E-state index contributed by atoms with van der Waals surface area (Å²) >= 11 is 0. The number of carbonyl (C=O) groups is 2. The van der Waals surface area contributed by atoms with Crippen molar-refractivity contribution in [1.82, 2.24) is 20.2 Å². The fourth-order valence-corrected chi connectivity index (χ4v) is 3.49. The molecule has 2 fully saturated rings. The third-order valence-corrected chi connectivity index (χ3v) is 4.96. The average Bonchev–Trinajstić information content (AvgIpc) is 3.20. The molecule has 9 heteroatoms. The van der Waals surface area contributed by atoms with E-state index in [1.807, 2.05) is 0 Å². The summed E-state index contributed by atoms with van der Waals surface area (Å²) in [5.41, 5.74) is 0.344. The number of ether oxygens (including phenoxy) is 2. The van der Waals surface area contributed by atoms with Crippen LogP contribution in [0, 0.1) is 6.92 Å². The number of amides is 2. The van der Waals surface area contributed by atoms with E-state index in [0.29, 0.717) is 43.6 Å². The van der Waals surface area contributed by atoms with Crippen LogP contribution in [0.5, 0.6) is 0 Å². The summed E-state index contributed by atoms with van der Waals surface area (Å²) in [7, 11) is 0. The lowest BCUT2D eigenvalue weighted by Crippen LogP contribution is -2.42. The first kappa shape index (κ1) is 20.3. The van der Waals surface area contributed by atoms with E-state index in [2.05, 4.69) is 20.6 Å². The number of nitrogens with zero attached hydrogens (tertiary/aromatic N) is 3. The van der Waals surface area contributed by atoms with Gasteiger partial charge in [0.2, 0.25) is 0 Å². The van der Waals surface area contributed by atoms with Crippen LogP contribution in [0.4, 0.5) is 10.6 Å². The quantitative estimate of drug-likeness (QED) is 0.761. The molecule has 2 amide bonds. The lowest BCUT2D eigenvalue weighted by molar-refractivity contribution is 0.0853. The highest BCUT2D eigenvalue weighted by Crippen LogP contribution is 2.17. The van der Waals surface area contributed by atoms with Gasteiger partial charge in [0, 0.05) is 38.3 Å². The van der Waals surface area contributed by atoms with Gasteiger partial charge >= 0.3 is 6.09 Å². The lowest BCUT2D eigenvalue weighted by Gasteiger charge is -2.31. The molecular formula is C19H29N5O4. The van der Waals surface area contributed by atoms with Crippen molar-refractivity contribution in [2.45, 2.75) is 51.7 Å². The minimum atomic E-state index is -0.260. The van der Waals surface area contributed by atoms with E-state index >= 15 is 0 Å². The number of anilines is 1. The Hall–Kier alpha value is -2.42. The highest BCUT2D eigenvalue weighted by molar-refractivity contribution is 5.92. The van der Waals surface area contributed by atoms with E-state index in [-0.39, 0.29) is 24.1 Å². The molecule has 2 saturated heterocycles. The van der Waals surface area contributed by atoms with Crippen LogP contribution < -0.4 is 10.6 Å². The molecule has 154 valence electrons. The third-order valence-electron chi connectivity index (χ3n) is 4.96. The minimum absolute atomic E-state index is 0.0917. The summed E-state index contributed by atoms with van der Waals surface area (Å²) in [4.78, 5) is 34.6. The highest BCUT2D eigenvalue weighted by atomic mass is 16.6. The number of carbonyl (C=O) groups excluding carboxylic acids is 2. The molecule has 9 nitrogen and oxygen atoms in total. The normalized spacial score (nSPS) is 20.1. The van der Waals surface area contributed by atoms with Crippen molar-refractivity contribution in [1.29, 1.82) is 0 Å². The molecular weight excluding hydrogens is 362 g/mol. The second-order valence-electron chi connectivity index (χ2n) is 7.14. The fraction of sp³-hybridized carbons (Fsp3) is 0.684. The number of piperidine rings is 1. The Morgan fingerprint density at radius 1 is 1.29 bits per heavy atom. The second kappa shape index (κ2) is 9.68. The molecule has 1 aromatic heterocycles. The Labute approximate surface area is 165 Å². The Kier molecular flexibility index (Phi) is 7.02. The largest absolute Gasteiger partial charge is 0.450 e. The van der Waals surface area contributed by atoms with Crippen molar-refractivity contribution in [2.75, 3.05) is 38.2 Å². The summed E-state index contributed by atoms with van der Waals surface area (Å²) in [6.07, 6.45) is 3.43. The smallest absolute Gasteiger partial charge is 0.409 e. The Morgan fingerprint density at radius 2 is 2.07 bits per heavy atom. The van der Waals surface area contributed by atoms with Gasteiger partial charge in [-0.15, -0.1) is 0 Å². The van der Waals surface area contributed by atoms with Gasteiger partial charge in [0.1, 0.15) is 17.3 Å². The maximum Gasteiger partial charge on any atom is 0.409 e. The highest BCUT2D eigenvalue weighted by Gasteiger charge is 2.24. The van der Waals surface area contributed by atoms with Gasteiger partial charge in [-0.2, -0.15) is 0 Å². The van der Waals surface area contributed by atoms with Crippen LogP contribution in [-0.2, 0) is 9.47 Å². The van der Waals surface area contributed by atoms with Crippen molar-refractivity contribution >= 4 is 17.8 Å². The standard InChI is InChI=1S/C19H29N5O4/c1-3-27-19(26)24-8-6-14(7-9-24)23-17-11-16(21-13(2)22-17)18(25)20-12-15-5-4-10-28-15/h11,14-15H,3-10,12H2,1-2H3,(H,20,25)(H,21,22,23). The Balaban J connectivity index is 1.53. The third kappa shape index (κ3) is 5.54. The second-order valence-corrected chi connectivity index (χ2v) is 7.14. The molecule has 0 saturated carbocycles. The summed E-state index contributed by atoms with van der Waals surface area (Å²) in [5, 5.41) is 6.26. The summed E-state index contributed by atoms with van der Waals surface area (Å²) < 4.78 is 10.6. The molecule has 2 N–H and O–H groups in total. The zero-order chi connectivity index (χ0) is 19.9. The van der Waals surface area contributed by atoms with Gasteiger partial charge in [0.15, 0.2) is 0 Å². The molecule has 0 aliphatic carbocycles. The molecule has 1 aromatic rings. The average molecular weight is 391 g/mol. The monoisotopic (exact) mass is 391 g/mol. The number of hydrogen-bond donors (Lipinski definition) is 2. The molecule has 3 heterocycles. The predicted molar refractivity (Wildman–Crippen MR) is 103 cm³/mol. The first-order valence-electron chi connectivity index (χ1n) is 9.99. The fourth-order valence-electron chi connectivity index (χ4n) is 3.49. The van der Waals surface area contributed by atoms with E-state index in [4.69, 9.17) is 9.47 Å². The van der Waals surface area contributed by atoms with Gasteiger partial charge in [-0.3, -0.25) is 4.79 Å². The van der Waals surface area contributed by atoms with Gasteiger partial charge in [-0.25, -0.2) is 14.8 Å². The minimum Gasteiger partial charge on any atom is -0.450 e. The van der Waals surface area contributed by atoms with E-state index in [0.717, 1.165) is 32.3 Å². The number of likely N-dealkylation sites (tertiary alicyclic amines) is 1. The molecule has 28 heavy (non-hydrogen) atoms. The lowest BCUT2D eigenvalue weighted by atomic mass is 10.1. The molecule has 0 radical (unpaired) electrons. The molecule has 0 bridgehead atoms. The van der Waals surface area contributed by atoms with Crippen LogP contribution in [-0.4, -0.2) is 71.9 Å². The van der Waals surface area contributed by atoms with Crippen LogP contribution in [0.3, 0.4) is 0 Å². The van der Waals surface area contributed by atoms with Crippen LogP contribution >= 0.6 is 0 Å². The van der Waals surface area contributed by atoms with Crippen LogP contribution in [0.2, 0.25) is 0 Å². The zero-order valence-electron chi connectivity index (χ0n) is 16.6. The number of hydrogen-bond acceptors (Lipinski definition) is 7. The van der Waals surface area contributed by atoms with Crippen molar-refractivity contribution in [3.05, 3.63) is 17.6 Å². The molecule has 2 aliphatic heterocycles. The summed E-state index contributed by atoms with van der Waals surface area (Å²) in [5.74, 6) is 0.946. The van der Waals surface area contributed by atoms with E-state index in [1.54, 1.807) is 24.8 Å². The topological polar surface area (TPSA) is 106 Å². The van der Waals surface area contributed by atoms with Crippen molar-refractivity contribution < 1.29 is 19.1 Å². The maximum absolute atomic E-state index is 12.4. The van der Waals surface area contributed by atoms with Gasteiger partial charge in [-0.1, -0.05) is 0 Å².